The van der Waals surface area contributed by atoms with Gasteiger partial charge in [-0.15, -0.1) is 0 Å². The molecule has 0 aliphatic rings. The summed E-state index contributed by atoms with van der Waals surface area (Å²) in [5.41, 5.74) is 1.77. The third-order valence-electron chi connectivity index (χ3n) is 5.53. The molecule has 0 aliphatic heterocycles. The molecule has 0 saturated carbocycles. The number of halogens is 1. The minimum atomic E-state index is -4.13. The third-order valence-corrected chi connectivity index (χ3v) is 7.19. The molecule has 0 atom stereocenters. The third kappa shape index (κ3) is 5.92. The van der Waals surface area contributed by atoms with Crippen LogP contribution < -0.4 is 14.8 Å². The molecule has 0 fully saturated rings. The van der Waals surface area contributed by atoms with Crippen LogP contribution in [0.1, 0.15) is 23.7 Å². The number of nitrogens with one attached hydrogen (secondary N) is 2. The van der Waals surface area contributed by atoms with Crippen LogP contribution in [0.15, 0.2) is 71.6 Å². The predicted octanol–water partition coefficient (Wildman–Crippen LogP) is 5.32. The SMILES string of the molecule is CCCN(C)C(=O)c1cccc(S(=O)(=O)Nc2nc3ccccc3nc2Nc2cc(OC)ccc2Cl)c1. The molecule has 1 heterocycles. The van der Waals surface area contributed by atoms with Gasteiger partial charge in [0.2, 0.25) is 0 Å². The van der Waals surface area contributed by atoms with Crippen molar-refractivity contribution in [1.29, 1.82) is 0 Å². The van der Waals surface area contributed by atoms with Crippen LogP contribution in [0.4, 0.5) is 17.3 Å². The number of carbonyl (C=O) groups excluding carboxylic acids is 1. The number of carbonyl (C=O) groups is 1. The fourth-order valence-electron chi connectivity index (χ4n) is 3.65. The lowest BCUT2D eigenvalue weighted by atomic mass is 10.2. The van der Waals surface area contributed by atoms with E-state index in [1.165, 1.54) is 25.3 Å². The van der Waals surface area contributed by atoms with Gasteiger partial charge in [-0.25, -0.2) is 18.4 Å². The van der Waals surface area contributed by atoms with Gasteiger partial charge in [0.1, 0.15) is 5.75 Å². The summed E-state index contributed by atoms with van der Waals surface area (Å²) in [5.74, 6) is 0.404. The number of hydrogen-bond acceptors (Lipinski definition) is 7. The molecule has 37 heavy (non-hydrogen) atoms. The van der Waals surface area contributed by atoms with Gasteiger partial charge in [-0.3, -0.25) is 9.52 Å². The van der Waals surface area contributed by atoms with Gasteiger partial charge in [-0.05, 0) is 48.9 Å². The number of sulfonamides is 1. The summed E-state index contributed by atoms with van der Waals surface area (Å²) in [4.78, 5) is 23.3. The lowest BCUT2D eigenvalue weighted by molar-refractivity contribution is 0.0795. The Morgan fingerprint density at radius 2 is 1.70 bits per heavy atom. The van der Waals surface area contributed by atoms with Crippen molar-refractivity contribution in [3.63, 3.8) is 0 Å². The zero-order chi connectivity index (χ0) is 26.6. The summed E-state index contributed by atoms with van der Waals surface area (Å²) >= 11 is 6.36. The van der Waals surface area contributed by atoms with Crippen LogP contribution in [-0.2, 0) is 10.0 Å². The molecule has 1 aromatic heterocycles. The molecule has 0 bridgehead atoms. The number of aromatic nitrogens is 2. The number of anilines is 3. The summed E-state index contributed by atoms with van der Waals surface area (Å²) in [6, 6.07) is 18.0. The number of hydrogen-bond donors (Lipinski definition) is 2. The van der Waals surface area contributed by atoms with Gasteiger partial charge >= 0.3 is 0 Å². The Labute approximate surface area is 220 Å². The number of rotatable bonds is 9. The molecule has 2 N–H and O–H groups in total. The first kappa shape index (κ1) is 26.2. The minimum Gasteiger partial charge on any atom is -0.497 e. The minimum absolute atomic E-state index is 0.0302. The second-order valence-corrected chi connectivity index (χ2v) is 10.3. The molecule has 0 unspecified atom stereocenters. The number of ether oxygens (including phenoxy) is 1. The monoisotopic (exact) mass is 539 g/mol. The van der Waals surface area contributed by atoms with E-state index in [4.69, 9.17) is 16.3 Å². The van der Waals surface area contributed by atoms with Crippen molar-refractivity contribution in [1.82, 2.24) is 14.9 Å². The van der Waals surface area contributed by atoms with Crippen LogP contribution in [0, 0.1) is 0 Å². The summed E-state index contributed by atoms with van der Waals surface area (Å²) in [7, 11) is -0.927. The van der Waals surface area contributed by atoms with E-state index in [1.807, 2.05) is 6.92 Å². The quantitative estimate of drug-likeness (QED) is 0.296. The molecule has 9 nitrogen and oxygen atoms in total. The molecular weight excluding hydrogens is 514 g/mol. The lowest BCUT2D eigenvalue weighted by Gasteiger charge is -2.17. The van der Waals surface area contributed by atoms with E-state index in [2.05, 4.69) is 20.0 Å². The van der Waals surface area contributed by atoms with Crippen molar-refractivity contribution in [3.8, 4) is 5.75 Å². The largest absolute Gasteiger partial charge is 0.497 e. The predicted molar refractivity (Wildman–Crippen MR) is 145 cm³/mol. The van der Waals surface area contributed by atoms with E-state index >= 15 is 0 Å². The van der Waals surface area contributed by atoms with Crippen LogP contribution in [0.25, 0.3) is 11.0 Å². The highest BCUT2D eigenvalue weighted by atomic mass is 35.5. The molecule has 0 spiro atoms. The second-order valence-electron chi connectivity index (χ2n) is 8.24. The Morgan fingerprint density at radius 3 is 2.38 bits per heavy atom. The Balaban J connectivity index is 1.73. The van der Waals surface area contributed by atoms with Gasteiger partial charge in [0.15, 0.2) is 11.6 Å². The highest BCUT2D eigenvalue weighted by Crippen LogP contribution is 2.32. The van der Waals surface area contributed by atoms with Gasteiger partial charge in [-0.2, -0.15) is 0 Å². The zero-order valence-corrected chi connectivity index (χ0v) is 22.1. The zero-order valence-electron chi connectivity index (χ0n) is 20.5. The van der Waals surface area contributed by atoms with Crippen molar-refractivity contribution in [2.45, 2.75) is 18.2 Å². The molecule has 3 aromatic carbocycles. The fraction of sp³-hybridized carbons (Fsp3) is 0.192. The van der Waals surface area contributed by atoms with Crippen LogP contribution in [-0.4, -0.2) is 49.9 Å². The first-order valence-corrected chi connectivity index (χ1v) is 13.3. The van der Waals surface area contributed by atoms with E-state index in [0.29, 0.717) is 34.0 Å². The van der Waals surface area contributed by atoms with Crippen molar-refractivity contribution < 1.29 is 17.9 Å². The number of amides is 1. The van der Waals surface area contributed by atoms with E-state index in [1.54, 1.807) is 60.5 Å². The van der Waals surface area contributed by atoms with Crippen molar-refractivity contribution in [2.75, 3.05) is 30.7 Å². The van der Waals surface area contributed by atoms with Gasteiger partial charge in [0.25, 0.3) is 15.9 Å². The highest BCUT2D eigenvalue weighted by molar-refractivity contribution is 7.92. The number of nitrogens with zero attached hydrogens (tertiary/aromatic N) is 3. The first-order chi connectivity index (χ1) is 17.7. The molecule has 0 aliphatic carbocycles. The number of benzene rings is 3. The maximum atomic E-state index is 13.4. The molecule has 11 heteroatoms. The van der Waals surface area contributed by atoms with Crippen LogP contribution in [0.2, 0.25) is 5.02 Å². The molecule has 4 aromatic rings. The van der Waals surface area contributed by atoms with Gasteiger partial charge < -0.3 is 15.0 Å². The van der Waals surface area contributed by atoms with Gasteiger partial charge in [0, 0.05) is 25.2 Å². The lowest BCUT2D eigenvalue weighted by Crippen LogP contribution is -2.27. The normalized spacial score (nSPS) is 11.2. The summed E-state index contributed by atoms with van der Waals surface area (Å²) < 4.78 is 34.6. The van der Waals surface area contributed by atoms with E-state index in [0.717, 1.165) is 6.42 Å². The topological polar surface area (TPSA) is 114 Å². The molecule has 0 radical (unpaired) electrons. The van der Waals surface area contributed by atoms with E-state index < -0.39 is 10.0 Å². The van der Waals surface area contributed by atoms with Crippen LogP contribution >= 0.6 is 11.6 Å². The number of methoxy groups -OCH3 is 1. The molecule has 4 rings (SSSR count). The summed E-state index contributed by atoms with van der Waals surface area (Å²) in [6.07, 6.45) is 0.787. The van der Waals surface area contributed by atoms with E-state index in [-0.39, 0.29) is 28.0 Å². The van der Waals surface area contributed by atoms with Gasteiger partial charge in [-0.1, -0.05) is 36.7 Å². The second kappa shape index (κ2) is 11.0. The van der Waals surface area contributed by atoms with Crippen molar-refractivity contribution >= 4 is 55.9 Å². The van der Waals surface area contributed by atoms with Crippen molar-refractivity contribution in [3.05, 3.63) is 77.3 Å². The number of fused-ring (bicyclic) bond motifs is 1. The number of para-hydroxylation sites is 2. The smallest absolute Gasteiger partial charge is 0.263 e. The molecular formula is C26H26ClN5O4S. The fourth-order valence-corrected chi connectivity index (χ4v) is 4.87. The van der Waals surface area contributed by atoms with Crippen molar-refractivity contribution in [2.24, 2.45) is 0 Å². The Kier molecular flexibility index (Phi) is 7.80. The van der Waals surface area contributed by atoms with Crippen LogP contribution in [0.3, 0.4) is 0 Å². The van der Waals surface area contributed by atoms with Gasteiger partial charge in [0.05, 0.1) is 33.7 Å². The van der Waals surface area contributed by atoms with E-state index in [9.17, 15) is 13.2 Å². The average molecular weight is 540 g/mol. The maximum absolute atomic E-state index is 13.4. The maximum Gasteiger partial charge on any atom is 0.263 e. The Hall–Kier alpha value is -3.89. The Bertz CT molecular complexity index is 1560. The Morgan fingerprint density at radius 1 is 1.00 bits per heavy atom. The standard InChI is InChI=1S/C26H26ClN5O4S/c1-4-14-32(2)26(33)17-8-7-9-19(15-17)37(34,35)31-25-24(28-21-10-5-6-11-22(21)29-25)30-23-16-18(36-3)12-13-20(23)27/h5-13,15-16H,4,14H2,1-3H3,(H,28,30)(H,29,31). The summed E-state index contributed by atoms with van der Waals surface area (Å²) in [5, 5.41) is 3.45. The van der Waals surface area contributed by atoms with Crippen LogP contribution in [0.5, 0.6) is 5.75 Å². The molecule has 1 amide bonds. The average Bonchev–Trinajstić information content (AvgIpc) is 2.89. The molecule has 192 valence electrons. The molecule has 0 saturated heterocycles. The summed E-state index contributed by atoms with van der Waals surface area (Å²) in [6.45, 7) is 2.52. The highest BCUT2D eigenvalue weighted by Gasteiger charge is 2.22. The first-order valence-electron chi connectivity index (χ1n) is 11.5.